The van der Waals surface area contributed by atoms with E-state index in [1.54, 1.807) is 0 Å². The lowest BCUT2D eigenvalue weighted by Crippen LogP contribution is -2.12. The van der Waals surface area contributed by atoms with Crippen LogP contribution in [0.4, 0.5) is 0 Å². The van der Waals surface area contributed by atoms with Gasteiger partial charge in [0.05, 0.1) is 0 Å². The number of carbonyl (C=O) groups is 2. The molecular formula is C36H64O5. The Hall–Kier alpha value is -1.78. The number of unbranched alkanes of at least 4 members (excludes halogenated alkanes) is 20. The van der Waals surface area contributed by atoms with Gasteiger partial charge in [0.15, 0.2) is 11.5 Å². The highest BCUT2D eigenvalue weighted by Gasteiger charge is 2.25. The highest BCUT2D eigenvalue weighted by molar-refractivity contribution is 5.77. The third-order valence-electron chi connectivity index (χ3n) is 8.00. The fourth-order valence-corrected chi connectivity index (χ4v) is 5.36. The maximum atomic E-state index is 12.7. The van der Waals surface area contributed by atoms with Crippen LogP contribution in [0.3, 0.4) is 0 Å². The summed E-state index contributed by atoms with van der Waals surface area (Å²) in [7, 11) is 0. The van der Waals surface area contributed by atoms with E-state index in [-0.39, 0.29) is 11.9 Å². The molecule has 0 aliphatic rings. The van der Waals surface area contributed by atoms with E-state index < -0.39 is 0 Å². The smallest absolute Gasteiger partial charge is 0.311 e. The minimum Gasteiger partial charge on any atom is -0.458 e. The first kappa shape index (κ1) is 37.2. The van der Waals surface area contributed by atoms with Gasteiger partial charge in [-0.15, -0.1) is 0 Å². The van der Waals surface area contributed by atoms with Crippen molar-refractivity contribution >= 4 is 11.9 Å². The van der Waals surface area contributed by atoms with E-state index in [9.17, 15) is 9.59 Å². The molecule has 0 spiro atoms. The predicted molar refractivity (Wildman–Crippen MR) is 171 cm³/mol. The van der Waals surface area contributed by atoms with Crippen molar-refractivity contribution in [1.82, 2.24) is 0 Å². The lowest BCUT2D eigenvalue weighted by Gasteiger charge is -2.09. The normalized spacial score (nSPS) is 11.2. The van der Waals surface area contributed by atoms with Gasteiger partial charge in [-0.3, -0.25) is 9.59 Å². The molecule has 5 heteroatoms. The summed E-state index contributed by atoms with van der Waals surface area (Å²) in [6.07, 6.45) is 29.1. The Kier molecular flexibility index (Phi) is 23.5. The lowest BCUT2D eigenvalue weighted by molar-refractivity contribution is -0.137. The number of esters is 2. The Morgan fingerprint density at radius 3 is 0.976 bits per heavy atom. The van der Waals surface area contributed by atoms with Gasteiger partial charge in [-0.1, -0.05) is 156 Å². The van der Waals surface area contributed by atoms with Crippen LogP contribution < -0.4 is 9.47 Å². The van der Waals surface area contributed by atoms with Crippen molar-refractivity contribution in [2.24, 2.45) is 0 Å². The number of ether oxygens (including phenoxy) is 2. The second-order valence-electron chi connectivity index (χ2n) is 11.8. The average molecular weight is 577 g/mol. The second-order valence-corrected chi connectivity index (χ2v) is 11.8. The van der Waals surface area contributed by atoms with Gasteiger partial charge in [0, 0.05) is 25.7 Å². The molecule has 0 N–H and O–H groups in total. The topological polar surface area (TPSA) is 65.7 Å². The van der Waals surface area contributed by atoms with Gasteiger partial charge < -0.3 is 13.9 Å². The van der Waals surface area contributed by atoms with Gasteiger partial charge in [-0.2, -0.15) is 0 Å². The van der Waals surface area contributed by atoms with Crippen molar-refractivity contribution < 1.29 is 23.5 Å². The molecule has 1 rings (SSSR count). The fraction of sp³-hybridized carbons (Fsp3) is 0.833. The summed E-state index contributed by atoms with van der Waals surface area (Å²) < 4.78 is 17.4. The molecular weight excluding hydrogens is 512 g/mol. The van der Waals surface area contributed by atoms with E-state index >= 15 is 0 Å². The molecule has 0 aliphatic carbocycles. The largest absolute Gasteiger partial charge is 0.458 e. The Labute approximate surface area is 252 Å². The molecule has 0 unspecified atom stereocenters. The Bertz CT molecular complexity index is 719. The average Bonchev–Trinajstić information content (AvgIpc) is 3.30. The van der Waals surface area contributed by atoms with Gasteiger partial charge in [-0.05, 0) is 12.8 Å². The second kappa shape index (κ2) is 25.9. The van der Waals surface area contributed by atoms with Crippen LogP contribution in [0.25, 0.3) is 0 Å². The highest BCUT2D eigenvalue weighted by Crippen LogP contribution is 2.39. The van der Waals surface area contributed by atoms with Crippen molar-refractivity contribution in [3.05, 3.63) is 11.5 Å². The molecule has 1 aromatic heterocycles. The predicted octanol–water partition coefficient (Wildman–Crippen LogP) is 11.6. The maximum Gasteiger partial charge on any atom is 0.311 e. The van der Waals surface area contributed by atoms with E-state index in [0.717, 1.165) is 38.5 Å². The summed E-state index contributed by atoms with van der Waals surface area (Å²) in [5.41, 5.74) is 0. The van der Waals surface area contributed by atoms with E-state index in [1.807, 2.05) is 13.8 Å². The van der Waals surface area contributed by atoms with E-state index in [2.05, 4.69) is 13.8 Å². The number of furan rings is 1. The molecule has 1 heterocycles. The highest BCUT2D eigenvalue weighted by atomic mass is 16.6. The first-order chi connectivity index (χ1) is 20.1. The Morgan fingerprint density at radius 1 is 0.439 bits per heavy atom. The molecule has 0 amide bonds. The SMILES string of the molecule is CCCCCCCCCCCCCC(=O)Oc1c(CC)oc(CC)c1OC(=O)CCCCCCCCCCCCC. The molecule has 0 saturated heterocycles. The molecule has 0 aliphatic heterocycles. The zero-order valence-corrected chi connectivity index (χ0v) is 27.4. The van der Waals surface area contributed by atoms with E-state index in [0.29, 0.717) is 48.7 Å². The summed E-state index contributed by atoms with van der Waals surface area (Å²) in [4.78, 5) is 25.3. The van der Waals surface area contributed by atoms with Gasteiger partial charge >= 0.3 is 11.9 Å². The van der Waals surface area contributed by atoms with Crippen LogP contribution in [-0.4, -0.2) is 11.9 Å². The number of rotatable bonds is 28. The number of carbonyl (C=O) groups excluding carboxylic acids is 2. The van der Waals surface area contributed by atoms with Gasteiger partial charge in [0.25, 0.3) is 0 Å². The monoisotopic (exact) mass is 576 g/mol. The van der Waals surface area contributed by atoms with Crippen molar-refractivity contribution in [3.63, 3.8) is 0 Å². The molecule has 238 valence electrons. The van der Waals surface area contributed by atoms with Crippen LogP contribution in [0, 0.1) is 0 Å². The number of hydrogen-bond acceptors (Lipinski definition) is 5. The summed E-state index contributed by atoms with van der Waals surface area (Å²) in [5.74, 6) is 1.22. The van der Waals surface area contributed by atoms with Crippen LogP contribution in [-0.2, 0) is 22.4 Å². The van der Waals surface area contributed by atoms with Gasteiger partial charge in [-0.25, -0.2) is 0 Å². The fourth-order valence-electron chi connectivity index (χ4n) is 5.36. The van der Waals surface area contributed by atoms with Crippen molar-refractivity contribution in [2.45, 2.75) is 195 Å². The summed E-state index contributed by atoms with van der Waals surface area (Å²) in [5, 5.41) is 0. The van der Waals surface area contributed by atoms with Crippen LogP contribution in [0.15, 0.2) is 4.42 Å². The van der Waals surface area contributed by atoms with Gasteiger partial charge in [0.1, 0.15) is 0 Å². The molecule has 0 aromatic carbocycles. The molecule has 41 heavy (non-hydrogen) atoms. The first-order valence-electron chi connectivity index (χ1n) is 17.6. The minimum atomic E-state index is -0.276. The third kappa shape index (κ3) is 18.4. The molecule has 1 aromatic rings. The first-order valence-corrected chi connectivity index (χ1v) is 17.6. The molecule has 5 nitrogen and oxygen atoms in total. The Balaban J connectivity index is 2.33. The quantitative estimate of drug-likeness (QED) is 0.0733. The van der Waals surface area contributed by atoms with Crippen LogP contribution in [0.1, 0.15) is 193 Å². The zero-order valence-electron chi connectivity index (χ0n) is 27.4. The van der Waals surface area contributed by atoms with Crippen molar-refractivity contribution in [3.8, 4) is 11.5 Å². The van der Waals surface area contributed by atoms with Crippen LogP contribution in [0.5, 0.6) is 11.5 Å². The summed E-state index contributed by atoms with van der Waals surface area (Å²) in [6.45, 7) is 8.42. The third-order valence-corrected chi connectivity index (χ3v) is 8.00. The summed E-state index contributed by atoms with van der Waals surface area (Å²) >= 11 is 0. The van der Waals surface area contributed by atoms with Gasteiger partial charge in [0.2, 0.25) is 11.5 Å². The Morgan fingerprint density at radius 2 is 0.707 bits per heavy atom. The number of hydrogen-bond donors (Lipinski definition) is 0. The standard InChI is InChI=1S/C36H64O5/c1-5-9-11-13-15-17-19-21-23-25-27-29-33(37)40-35-31(7-3)39-32(8-4)36(35)41-34(38)30-28-26-24-22-20-18-16-14-12-10-6-2/h5-30H2,1-4H3. The molecule has 0 radical (unpaired) electrons. The van der Waals surface area contributed by atoms with Crippen LogP contribution >= 0.6 is 0 Å². The maximum absolute atomic E-state index is 12.7. The minimum absolute atomic E-state index is 0.276. The molecule has 0 saturated carbocycles. The zero-order chi connectivity index (χ0) is 30.0. The van der Waals surface area contributed by atoms with E-state index in [1.165, 1.54) is 103 Å². The lowest BCUT2D eigenvalue weighted by atomic mass is 10.1. The molecule has 0 bridgehead atoms. The van der Waals surface area contributed by atoms with Crippen LogP contribution in [0.2, 0.25) is 0 Å². The van der Waals surface area contributed by atoms with Crippen molar-refractivity contribution in [2.75, 3.05) is 0 Å². The molecule has 0 atom stereocenters. The van der Waals surface area contributed by atoms with Crippen molar-refractivity contribution in [1.29, 1.82) is 0 Å². The van der Waals surface area contributed by atoms with E-state index in [4.69, 9.17) is 13.9 Å². The number of aryl methyl sites for hydroxylation is 2. The summed E-state index contributed by atoms with van der Waals surface area (Å²) in [6, 6.07) is 0. The molecule has 0 fully saturated rings.